The van der Waals surface area contributed by atoms with E-state index in [1.165, 1.54) is 55.3 Å². The molecule has 0 spiro atoms. The lowest BCUT2D eigenvalue weighted by Gasteiger charge is -2.34. The van der Waals surface area contributed by atoms with Crippen molar-refractivity contribution in [2.75, 3.05) is 0 Å². The molecule has 0 heterocycles. The maximum absolute atomic E-state index is 2.41. The first-order chi connectivity index (χ1) is 17.4. The van der Waals surface area contributed by atoms with Crippen molar-refractivity contribution in [3.05, 3.63) is 168 Å². The number of benzene rings is 6. The summed E-state index contributed by atoms with van der Waals surface area (Å²) < 4.78 is 0. The third-order valence-corrected chi connectivity index (χ3v) is 7.56. The Balaban J connectivity index is 1.57. The molecule has 1 aliphatic carbocycles. The first kappa shape index (κ1) is 20.0. The molecule has 0 radical (unpaired) electrons. The quantitative estimate of drug-likeness (QED) is 0.255. The normalized spacial score (nSPS) is 13.4. The largest absolute Gasteiger partial charge is 0.0713 e. The van der Waals surface area contributed by atoms with Crippen molar-refractivity contribution in [2.24, 2.45) is 0 Å². The second-order valence-corrected chi connectivity index (χ2v) is 9.31. The van der Waals surface area contributed by atoms with Gasteiger partial charge in [0.1, 0.15) is 0 Å². The second-order valence-electron chi connectivity index (χ2n) is 9.31. The SMILES string of the molecule is c1ccc(C2(c3cccc(-c4cccc5ccccc45)c3)c3ccccc3-c3ccccc32)cc1. The molecular formula is C35H24. The van der Waals surface area contributed by atoms with E-state index < -0.39 is 0 Å². The lowest BCUT2D eigenvalue weighted by molar-refractivity contribution is 0.769. The molecule has 35 heavy (non-hydrogen) atoms. The van der Waals surface area contributed by atoms with Gasteiger partial charge in [-0.3, -0.25) is 0 Å². The minimum absolute atomic E-state index is 0.366. The summed E-state index contributed by atoms with van der Waals surface area (Å²) >= 11 is 0. The molecule has 0 saturated carbocycles. The highest BCUT2D eigenvalue weighted by Gasteiger charge is 2.45. The van der Waals surface area contributed by atoms with Gasteiger partial charge < -0.3 is 0 Å². The van der Waals surface area contributed by atoms with Gasteiger partial charge in [-0.2, -0.15) is 0 Å². The minimum atomic E-state index is -0.366. The van der Waals surface area contributed by atoms with E-state index >= 15 is 0 Å². The highest BCUT2D eigenvalue weighted by Crippen LogP contribution is 2.56. The summed E-state index contributed by atoms with van der Waals surface area (Å²) in [5.41, 5.74) is 10.1. The van der Waals surface area contributed by atoms with Crippen LogP contribution >= 0.6 is 0 Å². The zero-order valence-corrected chi connectivity index (χ0v) is 19.4. The van der Waals surface area contributed by atoms with E-state index in [-0.39, 0.29) is 5.41 Å². The van der Waals surface area contributed by atoms with Gasteiger partial charge >= 0.3 is 0 Å². The van der Waals surface area contributed by atoms with Crippen LogP contribution < -0.4 is 0 Å². The van der Waals surface area contributed by atoms with Crippen LogP contribution in [0.2, 0.25) is 0 Å². The molecule has 0 fully saturated rings. The van der Waals surface area contributed by atoms with Gasteiger partial charge in [0, 0.05) is 0 Å². The van der Waals surface area contributed by atoms with Crippen LogP contribution in [0.4, 0.5) is 0 Å². The molecule has 7 rings (SSSR count). The van der Waals surface area contributed by atoms with E-state index in [1.54, 1.807) is 0 Å². The molecule has 1 aliphatic rings. The maximum atomic E-state index is 2.41. The Morgan fingerprint density at radius 3 is 1.69 bits per heavy atom. The van der Waals surface area contributed by atoms with Crippen LogP contribution in [-0.4, -0.2) is 0 Å². The Bertz CT molecular complexity index is 1640. The Morgan fingerprint density at radius 1 is 0.371 bits per heavy atom. The van der Waals surface area contributed by atoms with E-state index in [9.17, 15) is 0 Å². The minimum Gasteiger partial charge on any atom is -0.0622 e. The second kappa shape index (κ2) is 7.82. The predicted molar refractivity (Wildman–Crippen MR) is 147 cm³/mol. The predicted octanol–water partition coefficient (Wildman–Crippen LogP) is 8.87. The molecule has 0 amide bonds. The van der Waals surface area contributed by atoms with Crippen LogP contribution in [0.3, 0.4) is 0 Å². The number of rotatable bonds is 3. The van der Waals surface area contributed by atoms with Gasteiger partial charge in [-0.1, -0.05) is 140 Å². The molecule has 164 valence electrons. The first-order valence-electron chi connectivity index (χ1n) is 12.2. The van der Waals surface area contributed by atoms with Crippen molar-refractivity contribution in [1.82, 2.24) is 0 Å². The van der Waals surface area contributed by atoms with E-state index in [0.717, 1.165) is 0 Å². The van der Waals surface area contributed by atoms with Crippen LogP contribution in [0.1, 0.15) is 22.3 Å². The van der Waals surface area contributed by atoms with E-state index in [4.69, 9.17) is 0 Å². The van der Waals surface area contributed by atoms with Gasteiger partial charge in [-0.05, 0) is 61.3 Å². The highest BCUT2D eigenvalue weighted by atomic mass is 14.5. The molecule has 6 aromatic rings. The van der Waals surface area contributed by atoms with Crippen LogP contribution in [-0.2, 0) is 5.41 Å². The average molecular weight is 445 g/mol. The van der Waals surface area contributed by atoms with Crippen LogP contribution in [0.25, 0.3) is 33.0 Å². The van der Waals surface area contributed by atoms with E-state index in [1.807, 2.05) is 0 Å². The highest BCUT2D eigenvalue weighted by molar-refractivity contribution is 5.97. The zero-order chi connectivity index (χ0) is 23.2. The molecule has 0 N–H and O–H groups in total. The summed E-state index contributed by atoms with van der Waals surface area (Å²) in [4.78, 5) is 0. The third kappa shape index (κ3) is 2.87. The Kier molecular flexibility index (Phi) is 4.47. The zero-order valence-electron chi connectivity index (χ0n) is 19.4. The monoisotopic (exact) mass is 444 g/mol. The fourth-order valence-corrected chi connectivity index (χ4v) is 6.11. The third-order valence-electron chi connectivity index (χ3n) is 7.56. The molecule has 0 aliphatic heterocycles. The topological polar surface area (TPSA) is 0 Å². The Morgan fingerprint density at radius 2 is 0.914 bits per heavy atom. The first-order valence-corrected chi connectivity index (χ1v) is 12.2. The van der Waals surface area contributed by atoms with Crippen LogP contribution in [0.15, 0.2) is 146 Å². The summed E-state index contributed by atoms with van der Waals surface area (Å²) in [6, 6.07) is 53.3. The van der Waals surface area contributed by atoms with Crippen molar-refractivity contribution < 1.29 is 0 Å². The molecule has 0 unspecified atom stereocenters. The standard InChI is InChI=1S/C35H24/c1-2-15-27(16-3-1)35(33-22-8-6-19-31(33)32-20-7-9-23-34(32)35)28-17-10-14-26(24-28)30-21-11-13-25-12-4-5-18-29(25)30/h1-24H. The number of fused-ring (bicyclic) bond motifs is 4. The molecule has 0 aromatic heterocycles. The maximum Gasteiger partial charge on any atom is 0.0713 e. The molecular weight excluding hydrogens is 420 g/mol. The van der Waals surface area contributed by atoms with Crippen molar-refractivity contribution in [3.63, 3.8) is 0 Å². The van der Waals surface area contributed by atoms with Crippen molar-refractivity contribution in [3.8, 4) is 22.3 Å². The van der Waals surface area contributed by atoms with E-state index in [0.29, 0.717) is 0 Å². The Hall–Kier alpha value is -4.42. The van der Waals surface area contributed by atoms with Gasteiger partial charge in [0.2, 0.25) is 0 Å². The summed E-state index contributed by atoms with van der Waals surface area (Å²) in [6.07, 6.45) is 0. The van der Waals surface area contributed by atoms with Gasteiger partial charge in [0.05, 0.1) is 5.41 Å². The van der Waals surface area contributed by atoms with Crippen molar-refractivity contribution in [1.29, 1.82) is 0 Å². The van der Waals surface area contributed by atoms with Crippen molar-refractivity contribution >= 4 is 10.8 Å². The fourth-order valence-electron chi connectivity index (χ4n) is 6.11. The van der Waals surface area contributed by atoms with Gasteiger partial charge in [-0.25, -0.2) is 0 Å². The van der Waals surface area contributed by atoms with Crippen molar-refractivity contribution in [2.45, 2.75) is 5.41 Å². The smallest absolute Gasteiger partial charge is 0.0622 e. The summed E-state index contributed by atoms with van der Waals surface area (Å²) in [5, 5.41) is 2.55. The molecule has 0 heteroatoms. The van der Waals surface area contributed by atoms with Gasteiger partial charge in [0.15, 0.2) is 0 Å². The fraction of sp³-hybridized carbons (Fsp3) is 0.0286. The van der Waals surface area contributed by atoms with Crippen LogP contribution in [0.5, 0.6) is 0 Å². The lowest BCUT2D eigenvalue weighted by Crippen LogP contribution is -2.28. The molecule has 0 atom stereocenters. The van der Waals surface area contributed by atoms with Gasteiger partial charge in [-0.15, -0.1) is 0 Å². The Labute approximate surface area is 206 Å². The number of hydrogen-bond acceptors (Lipinski definition) is 0. The molecule has 0 saturated heterocycles. The van der Waals surface area contributed by atoms with Gasteiger partial charge in [0.25, 0.3) is 0 Å². The summed E-state index contributed by atoms with van der Waals surface area (Å²) in [6.45, 7) is 0. The van der Waals surface area contributed by atoms with Crippen LogP contribution in [0, 0.1) is 0 Å². The molecule has 0 nitrogen and oxygen atoms in total. The average Bonchev–Trinajstić information content (AvgIpc) is 3.25. The lowest BCUT2D eigenvalue weighted by atomic mass is 9.67. The summed E-state index contributed by atoms with van der Waals surface area (Å²) in [7, 11) is 0. The molecule has 6 aromatic carbocycles. The molecule has 0 bridgehead atoms. The summed E-state index contributed by atoms with van der Waals surface area (Å²) in [5.74, 6) is 0. The number of hydrogen-bond donors (Lipinski definition) is 0. The van der Waals surface area contributed by atoms with E-state index in [2.05, 4.69) is 146 Å².